The summed E-state index contributed by atoms with van der Waals surface area (Å²) in [4.78, 5) is 0. The molecule has 32 heavy (non-hydrogen) atoms. The summed E-state index contributed by atoms with van der Waals surface area (Å²) in [7, 11) is 0. The zero-order chi connectivity index (χ0) is 24.0. The Morgan fingerprint density at radius 1 is 0.625 bits per heavy atom. The molecule has 2 aromatic carbocycles. The molecule has 0 aliphatic heterocycles. The molecule has 0 aromatic heterocycles. The molecule has 0 bridgehead atoms. The molecule has 180 valence electrons. The Balaban J connectivity index is 0.000000320. The van der Waals surface area contributed by atoms with Crippen LogP contribution in [0.3, 0.4) is 0 Å². The fraction of sp³-hybridized carbons (Fsp3) is 0.571. The molecule has 0 spiro atoms. The van der Waals surface area contributed by atoms with E-state index < -0.39 is 0 Å². The van der Waals surface area contributed by atoms with Gasteiger partial charge in [0.2, 0.25) is 0 Å². The van der Waals surface area contributed by atoms with E-state index in [1.165, 1.54) is 11.1 Å². The molecule has 4 heteroatoms. The van der Waals surface area contributed by atoms with Crippen molar-refractivity contribution in [2.24, 2.45) is 0 Å². The number of hydrogen-bond donors (Lipinski definition) is 1. The Morgan fingerprint density at radius 2 is 1.00 bits per heavy atom. The minimum atomic E-state index is -0.140. The first-order valence-electron chi connectivity index (χ1n) is 11.7. The zero-order valence-corrected chi connectivity index (χ0v) is 21.7. The van der Waals surface area contributed by atoms with Gasteiger partial charge in [-0.1, -0.05) is 24.3 Å². The van der Waals surface area contributed by atoms with Crippen molar-refractivity contribution in [2.45, 2.75) is 91.3 Å². The van der Waals surface area contributed by atoms with Gasteiger partial charge in [0.05, 0.1) is 0 Å². The van der Waals surface area contributed by atoms with Gasteiger partial charge in [-0.15, -0.1) is 11.6 Å². The maximum absolute atomic E-state index is 8.70. The lowest BCUT2D eigenvalue weighted by Crippen LogP contribution is -2.22. The number of alkyl halides is 1. The summed E-state index contributed by atoms with van der Waals surface area (Å²) < 4.78 is 11.5. The molecule has 0 fully saturated rings. The Hall–Kier alpha value is -1.71. The number of benzene rings is 2. The molecule has 0 aliphatic carbocycles. The first-order chi connectivity index (χ1) is 15.0. The van der Waals surface area contributed by atoms with Crippen molar-refractivity contribution >= 4 is 11.6 Å². The lowest BCUT2D eigenvalue weighted by Gasteiger charge is -2.21. The van der Waals surface area contributed by atoms with E-state index >= 15 is 0 Å². The number of aryl methyl sites for hydroxylation is 2. The van der Waals surface area contributed by atoms with Crippen LogP contribution >= 0.6 is 11.6 Å². The van der Waals surface area contributed by atoms with Crippen LogP contribution < -0.4 is 9.47 Å². The molecule has 3 nitrogen and oxygen atoms in total. The summed E-state index contributed by atoms with van der Waals surface area (Å²) in [5.41, 5.74) is 2.39. The van der Waals surface area contributed by atoms with E-state index in [9.17, 15) is 0 Å². The second-order valence-electron chi connectivity index (χ2n) is 10.0. The van der Waals surface area contributed by atoms with Crippen LogP contribution in [0.15, 0.2) is 48.5 Å². The predicted octanol–water partition coefficient (Wildman–Crippen LogP) is 7.60. The Labute approximate surface area is 201 Å². The summed E-state index contributed by atoms with van der Waals surface area (Å²) in [6.45, 7) is 12.6. The van der Waals surface area contributed by atoms with Gasteiger partial charge in [0.1, 0.15) is 22.7 Å². The molecule has 2 rings (SSSR count). The Kier molecular flexibility index (Phi) is 12.8. The third-order valence-corrected chi connectivity index (χ3v) is 4.68. The standard InChI is InChI=1S/C14H21ClO.C14H22O2/c2*1-14(2,3)16-13-9-7-12(8-10-13)6-4-5-11-15/h7-10H,4-6,11H2,1-3H3;7-10,15H,4-6,11H2,1-3H3. The first-order valence-corrected chi connectivity index (χ1v) is 12.3. The van der Waals surface area contributed by atoms with Gasteiger partial charge in [-0.3, -0.25) is 0 Å². The number of unbranched alkanes of at least 4 members (excludes halogenated alkanes) is 2. The van der Waals surface area contributed by atoms with Crippen molar-refractivity contribution in [2.75, 3.05) is 12.5 Å². The highest BCUT2D eigenvalue weighted by Gasteiger charge is 2.12. The molecule has 0 saturated heterocycles. The molecule has 1 N–H and O–H groups in total. The number of rotatable bonds is 10. The van der Waals surface area contributed by atoms with Gasteiger partial charge in [0.25, 0.3) is 0 Å². The van der Waals surface area contributed by atoms with Crippen molar-refractivity contribution in [3.63, 3.8) is 0 Å². The van der Waals surface area contributed by atoms with Crippen LogP contribution in [0.25, 0.3) is 0 Å². The summed E-state index contributed by atoms with van der Waals surface area (Å²) in [6, 6.07) is 16.6. The molecule has 0 radical (unpaired) electrons. The molecule has 0 atom stereocenters. The predicted molar refractivity (Wildman–Crippen MR) is 137 cm³/mol. The van der Waals surface area contributed by atoms with Crippen LogP contribution in [0, 0.1) is 0 Å². The minimum Gasteiger partial charge on any atom is -0.488 e. The topological polar surface area (TPSA) is 38.7 Å². The lowest BCUT2D eigenvalue weighted by atomic mass is 10.1. The fourth-order valence-electron chi connectivity index (χ4n) is 3.02. The van der Waals surface area contributed by atoms with Gasteiger partial charge in [0.15, 0.2) is 0 Å². The molecule has 0 unspecified atom stereocenters. The number of ether oxygens (including phenoxy) is 2. The number of aliphatic hydroxyl groups is 1. The van der Waals surface area contributed by atoms with Crippen molar-refractivity contribution < 1.29 is 14.6 Å². The minimum absolute atomic E-state index is 0.125. The molecule has 0 heterocycles. The van der Waals surface area contributed by atoms with Crippen LogP contribution in [0.4, 0.5) is 0 Å². The van der Waals surface area contributed by atoms with Crippen molar-refractivity contribution in [1.29, 1.82) is 0 Å². The summed E-state index contributed by atoms with van der Waals surface area (Å²) in [5.74, 6) is 2.61. The zero-order valence-electron chi connectivity index (χ0n) is 20.9. The SMILES string of the molecule is CC(C)(C)Oc1ccc(CCCCCl)cc1.CC(C)(C)Oc1ccc(CCCCO)cc1. The quantitative estimate of drug-likeness (QED) is 0.291. The second-order valence-corrected chi connectivity index (χ2v) is 10.4. The first kappa shape index (κ1) is 28.3. The highest BCUT2D eigenvalue weighted by molar-refractivity contribution is 6.17. The maximum atomic E-state index is 8.70. The molecular formula is C28H43ClO3. The van der Waals surface area contributed by atoms with Gasteiger partial charge < -0.3 is 14.6 Å². The summed E-state index contributed by atoms with van der Waals surface area (Å²) in [6.07, 6.45) is 6.28. The normalized spacial score (nSPS) is 11.5. The van der Waals surface area contributed by atoms with Crippen molar-refractivity contribution in [3.8, 4) is 11.5 Å². The molecule has 0 aliphatic rings. The Morgan fingerprint density at radius 3 is 1.31 bits per heavy atom. The van der Waals surface area contributed by atoms with Crippen LogP contribution in [0.1, 0.15) is 78.4 Å². The van der Waals surface area contributed by atoms with Crippen molar-refractivity contribution in [3.05, 3.63) is 59.7 Å². The Bertz CT molecular complexity index is 660. The summed E-state index contributed by atoms with van der Waals surface area (Å²) in [5, 5.41) is 8.70. The maximum Gasteiger partial charge on any atom is 0.120 e. The highest BCUT2D eigenvalue weighted by atomic mass is 35.5. The molecule has 2 aromatic rings. The van der Waals surface area contributed by atoms with E-state index in [2.05, 4.69) is 45.0 Å². The molecule has 0 amide bonds. The van der Waals surface area contributed by atoms with E-state index in [-0.39, 0.29) is 17.8 Å². The van der Waals surface area contributed by atoms with E-state index in [1.807, 2.05) is 45.0 Å². The lowest BCUT2D eigenvalue weighted by molar-refractivity contribution is 0.130. The van der Waals surface area contributed by atoms with Crippen LogP contribution in [0.2, 0.25) is 0 Å². The summed E-state index contributed by atoms with van der Waals surface area (Å²) >= 11 is 5.65. The van der Waals surface area contributed by atoms with Gasteiger partial charge in [-0.2, -0.15) is 0 Å². The largest absolute Gasteiger partial charge is 0.488 e. The molecule has 0 saturated carbocycles. The number of halogens is 1. The van der Waals surface area contributed by atoms with Crippen LogP contribution in [-0.4, -0.2) is 28.8 Å². The smallest absolute Gasteiger partial charge is 0.120 e. The van der Waals surface area contributed by atoms with Gasteiger partial charge >= 0.3 is 0 Å². The van der Waals surface area contributed by atoms with Crippen molar-refractivity contribution in [1.82, 2.24) is 0 Å². The van der Waals surface area contributed by atoms with Gasteiger partial charge in [-0.25, -0.2) is 0 Å². The van der Waals surface area contributed by atoms with Crippen LogP contribution in [0.5, 0.6) is 11.5 Å². The average molecular weight is 463 g/mol. The average Bonchev–Trinajstić information content (AvgIpc) is 2.69. The van der Waals surface area contributed by atoms with E-state index in [0.29, 0.717) is 0 Å². The third-order valence-electron chi connectivity index (χ3n) is 4.42. The highest BCUT2D eigenvalue weighted by Crippen LogP contribution is 2.20. The van der Waals surface area contributed by atoms with E-state index in [1.54, 1.807) is 0 Å². The van der Waals surface area contributed by atoms with E-state index in [4.69, 9.17) is 26.2 Å². The third kappa shape index (κ3) is 14.4. The van der Waals surface area contributed by atoms with Gasteiger partial charge in [-0.05, 0) is 115 Å². The van der Waals surface area contributed by atoms with Gasteiger partial charge in [0, 0.05) is 12.5 Å². The monoisotopic (exact) mass is 462 g/mol. The number of aliphatic hydroxyl groups excluding tert-OH is 1. The van der Waals surface area contributed by atoms with Crippen LogP contribution in [-0.2, 0) is 12.8 Å². The van der Waals surface area contributed by atoms with E-state index in [0.717, 1.165) is 55.9 Å². The second kappa shape index (κ2) is 14.4. The molecular weight excluding hydrogens is 420 g/mol. The fourth-order valence-corrected chi connectivity index (χ4v) is 3.21. The number of hydrogen-bond acceptors (Lipinski definition) is 3.